The van der Waals surface area contributed by atoms with Crippen LogP contribution in [0.4, 0.5) is 8.78 Å². The van der Waals surface area contributed by atoms with Crippen molar-refractivity contribution in [1.82, 2.24) is 9.91 Å². The number of nitrogens with zero attached hydrogens (tertiary/aromatic N) is 2. The largest absolute Gasteiger partial charge is 0.494 e. The van der Waals surface area contributed by atoms with Crippen molar-refractivity contribution in [1.29, 1.82) is 0 Å². The zero-order valence-corrected chi connectivity index (χ0v) is 18.7. The molecule has 1 heterocycles. The van der Waals surface area contributed by atoms with Crippen LogP contribution in [0.3, 0.4) is 0 Å². The standard InChI is InChI=1S/C25H30F2N4O2/c1-30-22(18-33-25(30)12-7-20-6-8-21(26)17-24(20)27)9-3-19-4-10-23(11-5-19)32-16-2-14-31(29)15-13-28/h4-8,10-13,15,17-18,25H,2-3,9,14,16,28-29H2,1H3/b12-7+,15-13-. The minimum Gasteiger partial charge on any atom is -0.494 e. The summed E-state index contributed by atoms with van der Waals surface area (Å²) in [7, 11) is 1.93. The van der Waals surface area contributed by atoms with E-state index in [2.05, 4.69) is 0 Å². The van der Waals surface area contributed by atoms with Gasteiger partial charge in [-0.3, -0.25) is 0 Å². The zero-order chi connectivity index (χ0) is 23.6. The Hall–Kier alpha value is -3.52. The van der Waals surface area contributed by atoms with E-state index in [1.165, 1.54) is 28.9 Å². The van der Waals surface area contributed by atoms with Crippen molar-refractivity contribution < 1.29 is 18.3 Å². The summed E-state index contributed by atoms with van der Waals surface area (Å²) in [5, 5.41) is 1.52. The quantitative estimate of drug-likeness (QED) is 0.301. The molecule has 4 N–H and O–H groups in total. The molecule has 0 radical (unpaired) electrons. The molecule has 0 bridgehead atoms. The van der Waals surface area contributed by atoms with E-state index in [0.29, 0.717) is 18.7 Å². The molecule has 176 valence electrons. The van der Waals surface area contributed by atoms with Crippen molar-refractivity contribution in [3.63, 3.8) is 0 Å². The monoisotopic (exact) mass is 456 g/mol. The fourth-order valence-electron chi connectivity index (χ4n) is 3.37. The third-order valence-corrected chi connectivity index (χ3v) is 5.28. The second-order valence-corrected chi connectivity index (χ2v) is 7.70. The van der Waals surface area contributed by atoms with Crippen LogP contribution in [0.5, 0.6) is 5.75 Å². The first kappa shape index (κ1) is 24.1. The SMILES string of the molecule is CN1C(CCc2ccc(OCCCN(N)/C=C\N)cc2)=COC1/C=C/c1ccc(F)cc1F. The van der Waals surface area contributed by atoms with Crippen LogP contribution in [0, 0.1) is 11.6 Å². The van der Waals surface area contributed by atoms with Gasteiger partial charge in [-0.1, -0.05) is 18.2 Å². The van der Waals surface area contributed by atoms with Gasteiger partial charge >= 0.3 is 0 Å². The lowest BCUT2D eigenvalue weighted by Gasteiger charge is -2.20. The van der Waals surface area contributed by atoms with Gasteiger partial charge in [0.05, 0.1) is 12.3 Å². The second-order valence-electron chi connectivity index (χ2n) is 7.70. The maximum absolute atomic E-state index is 13.8. The van der Waals surface area contributed by atoms with E-state index in [-0.39, 0.29) is 6.23 Å². The molecule has 33 heavy (non-hydrogen) atoms. The molecule has 0 saturated carbocycles. The first-order valence-corrected chi connectivity index (χ1v) is 10.8. The lowest BCUT2D eigenvalue weighted by molar-refractivity contribution is 0.113. The maximum Gasteiger partial charge on any atom is 0.190 e. The van der Waals surface area contributed by atoms with E-state index in [1.54, 1.807) is 24.6 Å². The van der Waals surface area contributed by atoms with E-state index < -0.39 is 11.6 Å². The highest BCUT2D eigenvalue weighted by molar-refractivity contribution is 5.50. The van der Waals surface area contributed by atoms with Crippen LogP contribution in [0.1, 0.15) is 24.0 Å². The Labute approximate surface area is 193 Å². The van der Waals surface area contributed by atoms with Crippen LogP contribution >= 0.6 is 0 Å². The molecule has 1 aliphatic rings. The van der Waals surface area contributed by atoms with E-state index >= 15 is 0 Å². The van der Waals surface area contributed by atoms with Gasteiger partial charge in [-0.2, -0.15) is 0 Å². The Morgan fingerprint density at radius 1 is 1.15 bits per heavy atom. The average Bonchev–Trinajstić information content (AvgIpc) is 3.15. The lowest BCUT2D eigenvalue weighted by Crippen LogP contribution is -2.27. The van der Waals surface area contributed by atoms with E-state index in [4.69, 9.17) is 21.1 Å². The van der Waals surface area contributed by atoms with Crippen LogP contribution in [-0.4, -0.2) is 36.3 Å². The van der Waals surface area contributed by atoms with Gasteiger partial charge in [0.15, 0.2) is 6.23 Å². The molecule has 3 rings (SSSR count). The predicted octanol–water partition coefficient (Wildman–Crippen LogP) is 4.11. The molecule has 0 aliphatic carbocycles. The number of hydrazine groups is 1. The summed E-state index contributed by atoms with van der Waals surface area (Å²) in [5.74, 6) is 5.32. The second kappa shape index (κ2) is 11.9. The first-order valence-electron chi connectivity index (χ1n) is 10.8. The molecular weight excluding hydrogens is 426 g/mol. The molecule has 1 aliphatic heterocycles. The van der Waals surface area contributed by atoms with Gasteiger partial charge in [-0.05, 0) is 48.7 Å². The molecule has 0 amide bonds. The molecule has 6 nitrogen and oxygen atoms in total. The third-order valence-electron chi connectivity index (χ3n) is 5.28. The molecule has 0 saturated heterocycles. The highest BCUT2D eigenvalue weighted by Gasteiger charge is 2.21. The molecule has 1 unspecified atom stereocenters. The van der Waals surface area contributed by atoms with Gasteiger partial charge in [-0.15, -0.1) is 0 Å². The Kier molecular flexibility index (Phi) is 8.71. The van der Waals surface area contributed by atoms with Gasteiger partial charge < -0.3 is 25.1 Å². The summed E-state index contributed by atoms with van der Waals surface area (Å²) in [5.41, 5.74) is 7.84. The maximum atomic E-state index is 13.8. The van der Waals surface area contributed by atoms with Crippen LogP contribution < -0.4 is 16.3 Å². The van der Waals surface area contributed by atoms with Gasteiger partial charge in [-0.25, -0.2) is 14.6 Å². The van der Waals surface area contributed by atoms with Crippen LogP contribution in [0.25, 0.3) is 6.08 Å². The minimum absolute atomic E-state index is 0.317. The molecular formula is C25H30F2N4O2. The number of halogens is 2. The van der Waals surface area contributed by atoms with Gasteiger partial charge in [0.1, 0.15) is 23.6 Å². The molecule has 0 fully saturated rings. The third kappa shape index (κ3) is 7.25. The number of ether oxygens (including phenoxy) is 2. The number of allylic oxidation sites excluding steroid dienone is 1. The van der Waals surface area contributed by atoms with Crippen LogP contribution in [0.2, 0.25) is 0 Å². The smallest absolute Gasteiger partial charge is 0.190 e. The Balaban J connectivity index is 1.42. The molecule has 0 spiro atoms. The van der Waals surface area contributed by atoms with Gasteiger partial charge in [0, 0.05) is 44.0 Å². The fraction of sp³-hybridized carbons (Fsp3) is 0.280. The number of aryl methyl sites for hydroxylation is 1. The van der Waals surface area contributed by atoms with Crippen molar-refractivity contribution >= 4 is 6.08 Å². The predicted molar refractivity (Wildman–Crippen MR) is 125 cm³/mol. The minimum atomic E-state index is -0.599. The summed E-state index contributed by atoms with van der Waals surface area (Å²) < 4.78 is 38.3. The number of likely N-dealkylation sites (N-methyl/N-ethyl adjacent to an activating group) is 1. The highest BCUT2D eigenvalue weighted by Crippen LogP contribution is 2.24. The van der Waals surface area contributed by atoms with E-state index in [0.717, 1.165) is 36.8 Å². The Morgan fingerprint density at radius 2 is 1.94 bits per heavy atom. The van der Waals surface area contributed by atoms with Crippen LogP contribution in [-0.2, 0) is 11.2 Å². The van der Waals surface area contributed by atoms with E-state index in [9.17, 15) is 8.78 Å². The van der Waals surface area contributed by atoms with E-state index in [1.807, 2.05) is 36.2 Å². The Morgan fingerprint density at radius 3 is 2.67 bits per heavy atom. The first-order chi connectivity index (χ1) is 16.0. The topological polar surface area (TPSA) is 77.0 Å². The Bertz CT molecular complexity index is 992. The average molecular weight is 457 g/mol. The molecule has 8 heteroatoms. The summed E-state index contributed by atoms with van der Waals surface area (Å²) in [6, 6.07) is 11.5. The molecule has 1 atom stereocenters. The summed E-state index contributed by atoms with van der Waals surface area (Å²) in [6.07, 6.45) is 10.2. The summed E-state index contributed by atoms with van der Waals surface area (Å²) in [4.78, 5) is 2.00. The number of rotatable bonds is 11. The van der Waals surface area contributed by atoms with Gasteiger partial charge in [0.2, 0.25) is 0 Å². The molecule has 2 aromatic rings. The summed E-state index contributed by atoms with van der Waals surface area (Å²) in [6.45, 7) is 1.22. The number of nitrogens with two attached hydrogens (primary N) is 2. The van der Waals surface area contributed by atoms with Crippen molar-refractivity contribution in [3.05, 3.63) is 95.7 Å². The van der Waals surface area contributed by atoms with Crippen molar-refractivity contribution in [2.75, 3.05) is 20.2 Å². The highest BCUT2D eigenvalue weighted by atomic mass is 19.1. The fourth-order valence-corrected chi connectivity index (χ4v) is 3.37. The van der Waals surface area contributed by atoms with Crippen molar-refractivity contribution in [3.8, 4) is 5.75 Å². The van der Waals surface area contributed by atoms with Crippen molar-refractivity contribution in [2.24, 2.45) is 11.6 Å². The van der Waals surface area contributed by atoms with Crippen molar-refractivity contribution in [2.45, 2.75) is 25.5 Å². The number of benzene rings is 2. The molecule has 2 aromatic carbocycles. The molecule has 0 aromatic heterocycles. The van der Waals surface area contributed by atoms with Gasteiger partial charge in [0.25, 0.3) is 0 Å². The zero-order valence-electron chi connectivity index (χ0n) is 18.7. The van der Waals surface area contributed by atoms with Crippen LogP contribution in [0.15, 0.2) is 72.9 Å². The normalized spacial score (nSPS) is 15.8. The summed E-state index contributed by atoms with van der Waals surface area (Å²) >= 11 is 0. The number of hydrogen-bond acceptors (Lipinski definition) is 6. The lowest BCUT2D eigenvalue weighted by atomic mass is 10.1. The number of hydrogen-bond donors (Lipinski definition) is 2.